The third kappa shape index (κ3) is 3.07. The fourth-order valence-corrected chi connectivity index (χ4v) is 2.85. The zero-order chi connectivity index (χ0) is 17.4. The van der Waals surface area contributed by atoms with Gasteiger partial charge in [0.25, 0.3) is 5.91 Å². The summed E-state index contributed by atoms with van der Waals surface area (Å²) in [5, 5.41) is 18.5. The summed E-state index contributed by atoms with van der Waals surface area (Å²) in [6, 6.07) is 12.2. The summed E-state index contributed by atoms with van der Waals surface area (Å²) in [6.07, 6.45) is 0. The maximum atomic E-state index is 12.6. The zero-order valence-corrected chi connectivity index (χ0v) is 14.1. The van der Waals surface area contributed by atoms with Gasteiger partial charge >= 0.3 is 0 Å². The minimum atomic E-state index is -0.302. The van der Waals surface area contributed by atoms with E-state index in [9.17, 15) is 4.79 Å². The molecule has 2 aromatic carbocycles. The van der Waals surface area contributed by atoms with Crippen molar-refractivity contribution in [3.05, 3.63) is 58.2 Å². The Kier molecular flexibility index (Phi) is 3.87. The predicted molar refractivity (Wildman–Crippen MR) is 95.9 cm³/mol. The Balaban J connectivity index is 1.68. The van der Waals surface area contributed by atoms with Crippen LogP contribution in [0.4, 0.5) is 5.69 Å². The number of rotatable bonds is 3. The number of halogens is 2. The molecule has 0 bridgehead atoms. The first-order chi connectivity index (χ1) is 12.1. The Morgan fingerprint density at radius 1 is 1.04 bits per heavy atom. The van der Waals surface area contributed by atoms with Crippen molar-refractivity contribution in [1.29, 1.82) is 0 Å². The van der Waals surface area contributed by atoms with Crippen LogP contribution in [0.5, 0.6) is 0 Å². The first-order valence-corrected chi connectivity index (χ1v) is 7.99. The molecule has 0 radical (unpaired) electrons. The van der Waals surface area contributed by atoms with Crippen LogP contribution in [0.3, 0.4) is 0 Å². The summed E-state index contributed by atoms with van der Waals surface area (Å²) in [4.78, 5) is 15.7. The molecule has 7 nitrogen and oxygen atoms in total. The molecule has 25 heavy (non-hydrogen) atoms. The van der Waals surface area contributed by atoms with Gasteiger partial charge < -0.3 is 10.3 Å². The number of H-pyrrole nitrogens is 2. The second-order valence-electron chi connectivity index (χ2n) is 5.31. The topological polar surface area (TPSA) is 99.3 Å². The molecule has 0 saturated carbocycles. The Morgan fingerprint density at radius 2 is 1.84 bits per heavy atom. The lowest BCUT2D eigenvalue weighted by atomic mass is 10.1. The van der Waals surface area contributed by atoms with Crippen molar-refractivity contribution < 1.29 is 4.79 Å². The molecule has 4 rings (SSSR count). The summed E-state index contributed by atoms with van der Waals surface area (Å²) in [5.74, 6) is 0.101. The second kappa shape index (κ2) is 6.19. The number of benzene rings is 2. The zero-order valence-electron chi connectivity index (χ0n) is 12.5. The maximum absolute atomic E-state index is 12.6. The fourth-order valence-electron chi connectivity index (χ4n) is 2.51. The van der Waals surface area contributed by atoms with Gasteiger partial charge in [-0.3, -0.25) is 4.79 Å². The van der Waals surface area contributed by atoms with Crippen molar-refractivity contribution >= 4 is 45.7 Å². The number of tetrazole rings is 1. The average Bonchev–Trinajstić information content (AvgIpc) is 3.25. The van der Waals surface area contributed by atoms with E-state index in [-0.39, 0.29) is 5.91 Å². The molecule has 3 N–H and O–H groups in total. The SMILES string of the molecule is O=C(Nc1ccc(Cl)cc1-c1nnn[nH]1)c1cc2ccc(Cl)cc2[nH]1. The Bertz CT molecular complexity index is 1070. The normalized spacial score (nSPS) is 11.0. The number of aromatic nitrogens is 5. The molecule has 1 amide bonds. The van der Waals surface area contributed by atoms with Crippen molar-refractivity contribution in [2.75, 3.05) is 5.32 Å². The largest absolute Gasteiger partial charge is 0.350 e. The van der Waals surface area contributed by atoms with Crippen LogP contribution in [0.25, 0.3) is 22.3 Å². The number of carbonyl (C=O) groups excluding carboxylic acids is 1. The third-order valence-electron chi connectivity index (χ3n) is 3.66. The predicted octanol–water partition coefficient (Wildman–Crippen LogP) is 3.91. The summed E-state index contributed by atoms with van der Waals surface area (Å²) in [7, 11) is 0. The minimum absolute atomic E-state index is 0.302. The van der Waals surface area contributed by atoms with Crippen LogP contribution >= 0.6 is 23.2 Å². The van der Waals surface area contributed by atoms with Crippen molar-refractivity contribution in [2.45, 2.75) is 0 Å². The Labute approximate surface area is 151 Å². The molecule has 0 unspecified atom stereocenters. The number of hydrogen-bond donors (Lipinski definition) is 3. The van der Waals surface area contributed by atoms with Gasteiger partial charge in [0.05, 0.1) is 5.69 Å². The Hall–Kier alpha value is -2.90. The lowest BCUT2D eigenvalue weighted by Gasteiger charge is -2.08. The van der Waals surface area contributed by atoms with E-state index in [0.29, 0.717) is 32.8 Å². The monoisotopic (exact) mass is 372 g/mol. The number of aromatic amines is 2. The summed E-state index contributed by atoms with van der Waals surface area (Å²) in [6.45, 7) is 0. The molecule has 9 heteroatoms. The van der Waals surface area contributed by atoms with Gasteiger partial charge in [0, 0.05) is 26.5 Å². The molecule has 124 valence electrons. The molecule has 0 aliphatic carbocycles. The van der Waals surface area contributed by atoms with Crippen LogP contribution in [0.2, 0.25) is 10.0 Å². The fraction of sp³-hybridized carbons (Fsp3) is 0. The van der Waals surface area contributed by atoms with E-state index in [1.165, 1.54) is 0 Å². The van der Waals surface area contributed by atoms with Crippen molar-refractivity contribution in [3.63, 3.8) is 0 Å². The van der Waals surface area contributed by atoms with E-state index in [4.69, 9.17) is 23.2 Å². The van der Waals surface area contributed by atoms with Gasteiger partial charge in [-0.05, 0) is 46.8 Å². The van der Waals surface area contributed by atoms with Gasteiger partial charge in [-0.1, -0.05) is 29.3 Å². The van der Waals surface area contributed by atoms with Crippen molar-refractivity contribution in [2.24, 2.45) is 0 Å². The second-order valence-corrected chi connectivity index (χ2v) is 6.18. The van der Waals surface area contributed by atoms with Crippen molar-refractivity contribution in [3.8, 4) is 11.4 Å². The number of carbonyl (C=O) groups is 1. The van der Waals surface area contributed by atoms with E-state index >= 15 is 0 Å². The van der Waals surface area contributed by atoms with Crippen LogP contribution < -0.4 is 5.32 Å². The highest BCUT2D eigenvalue weighted by Crippen LogP contribution is 2.29. The van der Waals surface area contributed by atoms with Gasteiger partial charge in [0.1, 0.15) is 5.69 Å². The maximum Gasteiger partial charge on any atom is 0.272 e. The average molecular weight is 373 g/mol. The lowest BCUT2D eigenvalue weighted by Crippen LogP contribution is -2.13. The first-order valence-electron chi connectivity index (χ1n) is 7.23. The highest BCUT2D eigenvalue weighted by Gasteiger charge is 2.15. The van der Waals surface area contributed by atoms with Gasteiger partial charge in [0.15, 0.2) is 5.82 Å². The van der Waals surface area contributed by atoms with Crippen LogP contribution in [-0.4, -0.2) is 31.5 Å². The van der Waals surface area contributed by atoms with Gasteiger partial charge in [-0.2, -0.15) is 0 Å². The number of nitrogens with one attached hydrogen (secondary N) is 3. The number of anilines is 1. The molecule has 0 saturated heterocycles. The quantitative estimate of drug-likeness (QED) is 0.507. The first kappa shape index (κ1) is 15.6. The molecule has 0 atom stereocenters. The van der Waals surface area contributed by atoms with E-state index < -0.39 is 0 Å². The van der Waals surface area contributed by atoms with Gasteiger partial charge in [-0.25, -0.2) is 5.10 Å². The van der Waals surface area contributed by atoms with Crippen molar-refractivity contribution in [1.82, 2.24) is 25.6 Å². The molecule has 0 aliphatic heterocycles. The minimum Gasteiger partial charge on any atom is -0.350 e. The van der Waals surface area contributed by atoms with E-state index in [0.717, 1.165) is 10.9 Å². The highest BCUT2D eigenvalue weighted by molar-refractivity contribution is 6.31. The van der Waals surface area contributed by atoms with E-state index in [1.807, 2.05) is 6.07 Å². The molecular weight excluding hydrogens is 363 g/mol. The van der Waals surface area contributed by atoms with Crippen LogP contribution in [0.15, 0.2) is 42.5 Å². The molecule has 0 aliphatic rings. The Morgan fingerprint density at radius 3 is 2.64 bits per heavy atom. The smallest absolute Gasteiger partial charge is 0.272 e. The summed E-state index contributed by atoms with van der Waals surface area (Å²) in [5.41, 5.74) is 2.32. The van der Waals surface area contributed by atoms with Crippen LogP contribution in [0.1, 0.15) is 10.5 Å². The number of hydrogen-bond acceptors (Lipinski definition) is 4. The lowest BCUT2D eigenvalue weighted by molar-refractivity contribution is 0.102. The summed E-state index contributed by atoms with van der Waals surface area (Å²) < 4.78 is 0. The van der Waals surface area contributed by atoms with Crippen LogP contribution in [-0.2, 0) is 0 Å². The van der Waals surface area contributed by atoms with Crippen LogP contribution in [0, 0.1) is 0 Å². The molecule has 2 heterocycles. The number of amides is 1. The molecule has 4 aromatic rings. The highest BCUT2D eigenvalue weighted by atomic mass is 35.5. The summed E-state index contributed by atoms with van der Waals surface area (Å²) >= 11 is 12.0. The number of fused-ring (bicyclic) bond motifs is 1. The van der Waals surface area contributed by atoms with E-state index in [1.54, 1.807) is 36.4 Å². The molecule has 0 fully saturated rings. The van der Waals surface area contributed by atoms with Gasteiger partial charge in [0.2, 0.25) is 0 Å². The third-order valence-corrected chi connectivity index (χ3v) is 4.13. The standard InChI is InChI=1S/C16H10Cl2N6O/c17-9-3-4-12(11(6-9)15-21-23-24-22-15)20-16(25)14-5-8-1-2-10(18)7-13(8)19-14/h1-7,19H,(H,20,25)(H,21,22,23,24). The molecule has 2 aromatic heterocycles. The number of nitrogens with zero attached hydrogens (tertiary/aromatic N) is 3. The van der Waals surface area contributed by atoms with Gasteiger partial charge in [-0.15, -0.1) is 5.10 Å². The molecular formula is C16H10Cl2N6O. The molecule has 0 spiro atoms. The van der Waals surface area contributed by atoms with E-state index in [2.05, 4.69) is 30.9 Å².